The lowest BCUT2D eigenvalue weighted by atomic mass is 10.3. The monoisotopic (exact) mass is 332 g/mol. The van der Waals surface area contributed by atoms with Crippen molar-refractivity contribution < 1.29 is 13.6 Å². The Morgan fingerprint density at radius 2 is 2.00 bits per heavy atom. The summed E-state index contributed by atoms with van der Waals surface area (Å²) >= 11 is 1.48. The van der Waals surface area contributed by atoms with Crippen molar-refractivity contribution in [2.45, 2.75) is 11.3 Å². The number of carbonyl (C=O) groups excluding carboxylic acids is 1. The Hall–Kier alpha value is -2.54. The fourth-order valence-electron chi connectivity index (χ4n) is 2.05. The average Bonchev–Trinajstić information content (AvgIpc) is 2.88. The first kappa shape index (κ1) is 15.4. The van der Waals surface area contributed by atoms with Gasteiger partial charge >= 0.3 is 5.76 Å². The number of oxazole rings is 1. The number of hydrogen-bond acceptors (Lipinski definition) is 4. The second-order valence-corrected chi connectivity index (χ2v) is 5.99. The smallest absolute Gasteiger partial charge is 0.408 e. The third-order valence-corrected chi connectivity index (χ3v) is 4.13. The Bertz CT molecular complexity index is 886. The molecule has 1 amide bonds. The second-order valence-electron chi connectivity index (χ2n) is 4.83. The highest BCUT2D eigenvalue weighted by molar-refractivity contribution is 7.99. The van der Waals surface area contributed by atoms with E-state index in [0.717, 1.165) is 4.90 Å². The van der Waals surface area contributed by atoms with E-state index in [1.54, 1.807) is 30.3 Å². The molecule has 0 spiro atoms. The minimum Gasteiger partial charge on any atom is -0.408 e. The van der Waals surface area contributed by atoms with Gasteiger partial charge in [0, 0.05) is 22.8 Å². The van der Waals surface area contributed by atoms with Gasteiger partial charge < -0.3 is 9.73 Å². The van der Waals surface area contributed by atoms with Gasteiger partial charge in [-0.1, -0.05) is 0 Å². The number of H-pyrrole nitrogens is 1. The second kappa shape index (κ2) is 6.70. The molecule has 0 fully saturated rings. The number of hydrogen-bond donors (Lipinski definition) is 2. The standard InChI is InChI=1S/C16H13FN2O3S/c17-10-1-4-12(5-2-10)23-8-7-15(20)18-11-3-6-14-13(9-11)19-16(21)22-14/h1-6,9H,7-8H2,(H,18,20)(H,19,21). The zero-order chi connectivity index (χ0) is 16.2. The molecule has 0 saturated heterocycles. The largest absolute Gasteiger partial charge is 0.417 e. The summed E-state index contributed by atoms with van der Waals surface area (Å²) in [5.74, 6) is -0.355. The van der Waals surface area contributed by atoms with Crippen molar-refractivity contribution in [1.29, 1.82) is 0 Å². The number of thioether (sulfide) groups is 1. The van der Waals surface area contributed by atoms with Gasteiger partial charge in [0.2, 0.25) is 5.91 Å². The van der Waals surface area contributed by atoms with Gasteiger partial charge in [-0.15, -0.1) is 11.8 Å². The molecule has 0 radical (unpaired) electrons. The number of benzene rings is 2. The summed E-state index contributed by atoms with van der Waals surface area (Å²) in [5, 5.41) is 2.76. The van der Waals surface area contributed by atoms with Crippen LogP contribution in [0.2, 0.25) is 0 Å². The number of fused-ring (bicyclic) bond motifs is 1. The lowest BCUT2D eigenvalue weighted by Gasteiger charge is -2.05. The van der Waals surface area contributed by atoms with Crippen LogP contribution in [0.15, 0.2) is 56.6 Å². The van der Waals surface area contributed by atoms with Gasteiger partial charge in [0.15, 0.2) is 5.58 Å². The molecule has 3 aromatic rings. The van der Waals surface area contributed by atoms with Crippen LogP contribution in [0.4, 0.5) is 10.1 Å². The molecule has 5 nitrogen and oxygen atoms in total. The summed E-state index contributed by atoms with van der Waals surface area (Å²) < 4.78 is 17.7. The zero-order valence-electron chi connectivity index (χ0n) is 12.0. The molecule has 0 atom stereocenters. The maximum Gasteiger partial charge on any atom is 0.417 e. The number of halogens is 1. The summed E-state index contributed by atoms with van der Waals surface area (Å²) in [7, 11) is 0. The summed E-state index contributed by atoms with van der Waals surface area (Å²) in [6.45, 7) is 0. The van der Waals surface area contributed by atoms with Crippen LogP contribution in [-0.2, 0) is 4.79 Å². The van der Waals surface area contributed by atoms with Crippen LogP contribution < -0.4 is 11.1 Å². The lowest BCUT2D eigenvalue weighted by molar-refractivity contribution is -0.115. The van der Waals surface area contributed by atoms with E-state index >= 15 is 0 Å². The number of nitrogens with one attached hydrogen (secondary N) is 2. The Morgan fingerprint density at radius 1 is 1.22 bits per heavy atom. The first-order valence-electron chi connectivity index (χ1n) is 6.91. The van der Waals surface area contributed by atoms with Gasteiger partial charge in [0.05, 0.1) is 5.52 Å². The molecular weight excluding hydrogens is 319 g/mol. The molecule has 1 heterocycles. The number of rotatable bonds is 5. The summed E-state index contributed by atoms with van der Waals surface area (Å²) in [4.78, 5) is 26.4. The molecule has 1 aromatic heterocycles. The van der Waals surface area contributed by atoms with Gasteiger partial charge in [-0.25, -0.2) is 9.18 Å². The minimum absolute atomic E-state index is 0.134. The Labute approximate surface area is 134 Å². The molecule has 0 aliphatic heterocycles. The zero-order valence-corrected chi connectivity index (χ0v) is 12.8. The Morgan fingerprint density at radius 3 is 2.78 bits per heavy atom. The molecule has 7 heteroatoms. The lowest BCUT2D eigenvalue weighted by Crippen LogP contribution is -2.12. The van der Waals surface area contributed by atoms with Crippen LogP contribution in [0.3, 0.4) is 0 Å². The van der Waals surface area contributed by atoms with E-state index in [0.29, 0.717) is 29.0 Å². The number of aromatic nitrogens is 1. The van der Waals surface area contributed by atoms with Crippen LogP contribution in [0.1, 0.15) is 6.42 Å². The maximum atomic E-state index is 12.8. The van der Waals surface area contributed by atoms with Gasteiger partial charge in [-0.05, 0) is 42.5 Å². The maximum absolute atomic E-state index is 12.8. The highest BCUT2D eigenvalue weighted by Crippen LogP contribution is 2.20. The number of anilines is 1. The quantitative estimate of drug-likeness (QED) is 0.702. The third-order valence-electron chi connectivity index (χ3n) is 3.11. The van der Waals surface area contributed by atoms with E-state index in [4.69, 9.17) is 4.42 Å². The van der Waals surface area contributed by atoms with Gasteiger partial charge in [0.25, 0.3) is 0 Å². The van der Waals surface area contributed by atoms with Crippen molar-refractivity contribution in [3.05, 3.63) is 58.8 Å². The van der Waals surface area contributed by atoms with E-state index in [9.17, 15) is 14.0 Å². The molecule has 0 saturated carbocycles. The van der Waals surface area contributed by atoms with Crippen LogP contribution in [0, 0.1) is 5.82 Å². The summed E-state index contributed by atoms with van der Waals surface area (Å²) in [5.41, 5.74) is 1.57. The van der Waals surface area contributed by atoms with Crippen LogP contribution >= 0.6 is 11.8 Å². The molecule has 118 valence electrons. The van der Waals surface area contributed by atoms with E-state index in [1.807, 2.05) is 0 Å². The van der Waals surface area contributed by atoms with Crippen molar-refractivity contribution in [3.63, 3.8) is 0 Å². The number of carbonyl (C=O) groups is 1. The molecule has 0 aliphatic carbocycles. The SMILES string of the molecule is O=C(CCSc1ccc(F)cc1)Nc1ccc2oc(=O)[nH]c2c1. The summed E-state index contributed by atoms with van der Waals surface area (Å²) in [6.07, 6.45) is 0.321. The molecule has 2 aromatic carbocycles. The van der Waals surface area contributed by atoms with Crippen molar-refractivity contribution in [2.75, 3.05) is 11.1 Å². The fraction of sp³-hybridized carbons (Fsp3) is 0.125. The van der Waals surface area contributed by atoms with E-state index in [1.165, 1.54) is 23.9 Å². The predicted octanol–water partition coefficient (Wildman–Crippen LogP) is 3.38. The molecule has 23 heavy (non-hydrogen) atoms. The highest BCUT2D eigenvalue weighted by Gasteiger charge is 2.06. The van der Waals surface area contributed by atoms with Crippen molar-refractivity contribution in [1.82, 2.24) is 4.98 Å². The highest BCUT2D eigenvalue weighted by atomic mass is 32.2. The van der Waals surface area contributed by atoms with Crippen molar-refractivity contribution in [2.24, 2.45) is 0 Å². The molecule has 3 rings (SSSR count). The Balaban J connectivity index is 1.53. The third kappa shape index (κ3) is 4.01. The van der Waals surface area contributed by atoms with Gasteiger partial charge in [-0.2, -0.15) is 0 Å². The first-order valence-corrected chi connectivity index (χ1v) is 7.90. The fourth-order valence-corrected chi connectivity index (χ4v) is 2.90. The van der Waals surface area contributed by atoms with Crippen molar-refractivity contribution >= 4 is 34.5 Å². The van der Waals surface area contributed by atoms with Gasteiger partial charge in [0.1, 0.15) is 5.82 Å². The van der Waals surface area contributed by atoms with E-state index < -0.39 is 5.76 Å². The Kier molecular flexibility index (Phi) is 4.47. The van der Waals surface area contributed by atoms with Crippen molar-refractivity contribution in [3.8, 4) is 0 Å². The van der Waals surface area contributed by atoms with Crippen LogP contribution in [0.25, 0.3) is 11.1 Å². The molecule has 0 bridgehead atoms. The molecule has 0 aliphatic rings. The molecular formula is C16H13FN2O3S. The van der Waals surface area contributed by atoms with Crippen LogP contribution in [0.5, 0.6) is 0 Å². The summed E-state index contributed by atoms with van der Waals surface area (Å²) in [6, 6.07) is 11.1. The average molecular weight is 332 g/mol. The van der Waals surface area contributed by atoms with E-state index in [2.05, 4.69) is 10.3 Å². The molecule has 0 unspecified atom stereocenters. The molecule has 2 N–H and O–H groups in total. The normalized spacial score (nSPS) is 10.8. The predicted molar refractivity (Wildman–Crippen MR) is 87.2 cm³/mol. The number of amides is 1. The minimum atomic E-state index is -0.529. The van der Waals surface area contributed by atoms with Crippen LogP contribution in [-0.4, -0.2) is 16.6 Å². The first-order chi connectivity index (χ1) is 11.1. The van der Waals surface area contributed by atoms with Gasteiger partial charge in [-0.3, -0.25) is 9.78 Å². The van der Waals surface area contributed by atoms with E-state index in [-0.39, 0.29) is 11.7 Å². The number of aromatic amines is 1. The topological polar surface area (TPSA) is 75.1 Å².